The Balaban J connectivity index is 1.65. The van der Waals surface area contributed by atoms with Crippen LogP contribution in [0.3, 0.4) is 0 Å². The number of benzene rings is 2. The number of hydrogen-bond acceptors (Lipinski definition) is 1. The fourth-order valence-corrected chi connectivity index (χ4v) is 2.45. The minimum atomic E-state index is 0.686. The van der Waals surface area contributed by atoms with E-state index < -0.39 is 0 Å². The first-order valence-corrected chi connectivity index (χ1v) is 7.12. The predicted octanol–water partition coefficient (Wildman–Crippen LogP) is 4.28. The van der Waals surface area contributed by atoms with E-state index >= 15 is 0 Å². The Morgan fingerprint density at radius 2 is 1.90 bits per heavy atom. The van der Waals surface area contributed by atoms with Gasteiger partial charge in [0.1, 0.15) is 12.4 Å². The monoisotopic (exact) mass is 265 g/mol. The van der Waals surface area contributed by atoms with Gasteiger partial charge in [0.05, 0.1) is 6.54 Å². The molecule has 1 heterocycles. The van der Waals surface area contributed by atoms with E-state index in [0.717, 1.165) is 18.7 Å². The Morgan fingerprint density at radius 1 is 1.00 bits per heavy atom. The van der Waals surface area contributed by atoms with Crippen LogP contribution in [0.4, 0.5) is 0 Å². The summed E-state index contributed by atoms with van der Waals surface area (Å²) in [5.74, 6) is 0.959. The molecule has 3 rings (SSSR count). The molecule has 0 saturated carbocycles. The molecule has 102 valence electrons. The first-order chi connectivity index (χ1) is 9.86. The number of rotatable bonds is 5. The van der Waals surface area contributed by atoms with Crippen LogP contribution in [0.5, 0.6) is 5.75 Å². The van der Waals surface area contributed by atoms with Crippen molar-refractivity contribution in [1.29, 1.82) is 0 Å². The maximum Gasteiger partial charge on any atom is 0.119 e. The van der Waals surface area contributed by atoms with Crippen LogP contribution in [0.25, 0.3) is 10.9 Å². The highest BCUT2D eigenvalue weighted by Gasteiger charge is 2.00. The lowest BCUT2D eigenvalue weighted by Gasteiger charge is -2.09. The molecule has 0 N–H and O–H groups in total. The molecule has 20 heavy (non-hydrogen) atoms. The number of aromatic nitrogens is 1. The Bertz CT molecular complexity index is 699. The van der Waals surface area contributed by atoms with E-state index in [1.54, 1.807) is 0 Å². The van der Waals surface area contributed by atoms with Crippen molar-refractivity contribution in [2.75, 3.05) is 6.61 Å². The van der Waals surface area contributed by atoms with Gasteiger partial charge in [0, 0.05) is 11.7 Å². The van der Waals surface area contributed by atoms with E-state index in [-0.39, 0.29) is 0 Å². The van der Waals surface area contributed by atoms with Gasteiger partial charge >= 0.3 is 0 Å². The zero-order valence-corrected chi connectivity index (χ0v) is 11.8. The van der Waals surface area contributed by atoms with Gasteiger partial charge in [-0.2, -0.15) is 0 Å². The van der Waals surface area contributed by atoms with Crippen LogP contribution in [-0.2, 0) is 13.0 Å². The Labute approximate surface area is 119 Å². The molecule has 0 fully saturated rings. The average Bonchev–Trinajstić information content (AvgIpc) is 2.91. The lowest BCUT2D eigenvalue weighted by Crippen LogP contribution is -2.07. The lowest BCUT2D eigenvalue weighted by molar-refractivity contribution is 0.300. The lowest BCUT2D eigenvalue weighted by atomic mass is 10.2. The molecule has 0 unspecified atom stereocenters. The van der Waals surface area contributed by atoms with E-state index in [1.807, 2.05) is 6.07 Å². The van der Waals surface area contributed by atoms with Crippen molar-refractivity contribution < 1.29 is 4.74 Å². The normalized spacial score (nSPS) is 10.8. The van der Waals surface area contributed by atoms with E-state index in [1.165, 1.54) is 16.5 Å². The van der Waals surface area contributed by atoms with Gasteiger partial charge in [-0.05, 0) is 41.6 Å². The standard InChI is InChI=1S/C18H19NO/c1-2-15-6-5-8-17(14-15)20-13-12-19-11-10-16-7-3-4-9-18(16)19/h3-11,14H,2,12-13H2,1H3. The van der Waals surface area contributed by atoms with Crippen molar-refractivity contribution in [1.82, 2.24) is 4.57 Å². The van der Waals surface area contributed by atoms with Crippen LogP contribution in [0.1, 0.15) is 12.5 Å². The summed E-state index contributed by atoms with van der Waals surface area (Å²) in [6, 6.07) is 18.9. The number of hydrogen-bond donors (Lipinski definition) is 0. The highest BCUT2D eigenvalue weighted by Crippen LogP contribution is 2.16. The minimum Gasteiger partial charge on any atom is -0.492 e. The number of nitrogens with zero attached hydrogens (tertiary/aromatic N) is 1. The van der Waals surface area contributed by atoms with Gasteiger partial charge in [0.25, 0.3) is 0 Å². The second-order valence-corrected chi connectivity index (χ2v) is 4.92. The maximum absolute atomic E-state index is 5.85. The Morgan fingerprint density at radius 3 is 2.80 bits per heavy atom. The SMILES string of the molecule is CCc1cccc(OCCn2ccc3ccccc32)c1. The fraction of sp³-hybridized carbons (Fsp3) is 0.222. The summed E-state index contributed by atoms with van der Waals surface area (Å²) in [4.78, 5) is 0. The summed E-state index contributed by atoms with van der Waals surface area (Å²) in [6.07, 6.45) is 3.16. The zero-order chi connectivity index (χ0) is 13.8. The largest absolute Gasteiger partial charge is 0.492 e. The predicted molar refractivity (Wildman–Crippen MR) is 83.3 cm³/mol. The topological polar surface area (TPSA) is 14.2 Å². The van der Waals surface area contributed by atoms with Crippen molar-refractivity contribution in [3.8, 4) is 5.75 Å². The van der Waals surface area contributed by atoms with Crippen molar-refractivity contribution in [2.45, 2.75) is 19.9 Å². The molecule has 1 aromatic heterocycles. The van der Waals surface area contributed by atoms with Gasteiger partial charge in [0.15, 0.2) is 0 Å². The molecule has 2 heteroatoms. The Hall–Kier alpha value is -2.22. The molecule has 0 aliphatic heterocycles. The number of para-hydroxylation sites is 1. The molecule has 2 aromatic carbocycles. The quantitative estimate of drug-likeness (QED) is 0.671. The molecule has 0 spiro atoms. The number of ether oxygens (including phenoxy) is 1. The molecule has 0 aliphatic carbocycles. The Kier molecular flexibility index (Phi) is 3.73. The second kappa shape index (κ2) is 5.83. The highest BCUT2D eigenvalue weighted by molar-refractivity contribution is 5.79. The minimum absolute atomic E-state index is 0.686. The van der Waals surface area contributed by atoms with Crippen LogP contribution >= 0.6 is 0 Å². The molecule has 0 bridgehead atoms. The highest BCUT2D eigenvalue weighted by atomic mass is 16.5. The molecule has 0 saturated heterocycles. The van der Waals surface area contributed by atoms with Gasteiger partial charge in [-0.1, -0.05) is 37.3 Å². The molecule has 0 amide bonds. The summed E-state index contributed by atoms with van der Waals surface area (Å²) in [5.41, 5.74) is 2.58. The molecule has 0 aliphatic rings. The molecule has 2 nitrogen and oxygen atoms in total. The van der Waals surface area contributed by atoms with Crippen molar-refractivity contribution in [3.05, 3.63) is 66.4 Å². The van der Waals surface area contributed by atoms with E-state index in [4.69, 9.17) is 4.74 Å². The van der Waals surface area contributed by atoms with Gasteiger partial charge in [0.2, 0.25) is 0 Å². The number of aryl methyl sites for hydroxylation is 1. The number of fused-ring (bicyclic) bond motifs is 1. The summed E-state index contributed by atoms with van der Waals surface area (Å²) >= 11 is 0. The molecule has 3 aromatic rings. The van der Waals surface area contributed by atoms with Crippen molar-refractivity contribution in [2.24, 2.45) is 0 Å². The third-order valence-corrected chi connectivity index (χ3v) is 3.59. The first-order valence-electron chi connectivity index (χ1n) is 7.12. The third kappa shape index (κ3) is 2.69. The second-order valence-electron chi connectivity index (χ2n) is 4.92. The van der Waals surface area contributed by atoms with Crippen LogP contribution in [0, 0.1) is 0 Å². The fourth-order valence-electron chi connectivity index (χ4n) is 2.45. The van der Waals surface area contributed by atoms with Gasteiger partial charge in [-0.3, -0.25) is 0 Å². The third-order valence-electron chi connectivity index (χ3n) is 3.59. The van der Waals surface area contributed by atoms with Crippen molar-refractivity contribution in [3.63, 3.8) is 0 Å². The van der Waals surface area contributed by atoms with Gasteiger partial charge in [-0.15, -0.1) is 0 Å². The van der Waals surface area contributed by atoms with Crippen LogP contribution in [0.15, 0.2) is 60.8 Å². The molecule has 0 atom stereocenters. The van der Waals surface area contributed by atoms with E-state index in [2.05, 4.69) is 66.2 Å². The average molecular weight is 265 g/mol. The summed E-state index contributed by atoms with van der Waals surface area (Å²) in [7, 11) is 0. The van der Waals surface area contributed by atoms with Gasteiger partial charge in [-0.25, -0.2) is 0 Å². The molecule has 0 radical (unpaired) electrons. The van der Waals surface area contributed by atoms with Crippen LogP contribution in [0.2, 0.25) is 0 Å². The first kappa shape index (κ1) is 12.8. The van der Waals surface area contributed by atoms with Gasteiger partial charge < -0.3 is 9.30 Å². The summed E-state index contributed by atoms with van der Waals surface area (Å²) < 4.78 is 8.09. The van der Waals surface area contributed by atoms with Crippen LogP contribution in [-0.4, -0.2) is 11.2 Å². The van der Waals surface area contributed by atoms with Crippen molar-refractivity contribution >= 4 is 10.9 Å². The summed E-state index contributed by atoms with van der Waals surface area (Å²) in [6.45, 7) is 3.71. The molecular formula is C18H19NO. The maximum atomic E-state index is 5.85. The van der Waals surface area contributed by atoms with E-state index in [0.29, 0.717) is 6.61 Å². The van der Waals surface area contributed by atoms with Crippen LogP contribution < -0.4 is 4.74 Å². The molecular weight excluding hydrogens is 246 g/mol. The smallest absolute Gasteiger partial charge is 0.119 e. The summed E-state index contributed by atoms with van der Waals surface area (Å²) in [5, 5.41) is 1.28. The van der Waals surface area contributed by atoms with E-state index in [9.17, 15) is 0 Å². The zero-order valence-electron chi connectivity index (χ0n) is 11.8.